The summed E-state index contributed by atoms with van der Waals surface area (Å²) in [6.45, 7) is 0.707. The van der Waals surface area contributed by atoms with E-state index < -0.39 is 0 Å². The lowest BCUT2D eigenvalue weighted by molar-refractivity contribution is -0.115. The van der Waals surface area contributed by atoms with Crippen molar-refractivity contribution in [3.05, 3.63) is 120 Å². The minimum Gasteiger partial charge on any atom is -0.490 e. The lowest BCUT2D eigenvalue weighted by atomic mass is 10.1. The van der Waals surface area contributed by atoms with Crippen LogP contribution in [0, 0.1) is 0 Å². The Morgan fingerprint density at radius 1 is 0.658 bits per heavy atom. The molecule has 0 unspecified atom stereocenters. The molecular formula is C30H27N3O4S. The fraction of sp³-hybridized carbons (Fsp3) is 0.100. The van der Waals surface area contributed by atoms with E-state index in [0.717, 1.165) is 11.3 Å². The summed E-state index contributed by atoms with van der Waals surface area (Å²) in [6, 6.07) is 32.9. The van der Waals surface area contributed by atoms with E-state index in [2.05, 4.69) is 16.0 Å². The van der Waals surface area contributed by atoms with E-state index in [1.807, 2.05) is 60.7 Å². The first kappa shape index (κ1) is 26.4. The van der Waals surface area contributed by atoms with E-state index in [-0.39, 0.29) is 23.3 Å². The highest BCUT2D eigenvalue weighted by atomic mass is 32.1. The molecule has 0 bridgehead atoms. The molecule has 0 atom stereocenters. The average molecular weight is 526 g/mol. The lowest BCUT2D eigenvalue weighted by Gasteiger charge is -2.12. The number of ether oxygens (including phenoxy) is 2. The van der Waals surface area contributed by atoms with Crippen LogP contribution in [0.15, 0.2) is 109 Å². The Kier molecular flexibility index (Phi) is 9.42. The van der Waals surface area contributed by atoms with Crippen molar-refractivity contribution in [1.82, 2.24) is 5.32 Å². The Morgan fingerprint density at radius 2 is 1.26 bits per heavy atom. The van der Waals surface area contributed by atoms with Crippen LogP contribution in [0.2, 0.25) is 0 Å². The van der Waals surface area contributed by atoms with Gasteiger partial charge in [0.2, 0.25) is 5.91 Å². The number of thiocarbonyl (C=S) groups is 1. The van der Waals surface area contributed by atoms with Crippen LogP contribution in [-0.4, -0.2) is 30.1 Å². The minimum atomic E-state index is -0.374. The summed E-state index contributed by atoms with van der Waals surface area (Å²) < 4.78 is 11.3. The molecule has 0 heterocycles. The first-order valence-corrected chi connectivity index (χ1v) is 12.4. The van der Waals surface area contributed by atoms with Crippen molar-refractivity contribution in [2.24, 2.45) is 0 Å². The van der Waals surface area contributed by atoms with E-state index in [1.54, 1.807) is 48.5 Å². The zero-order valence-electron chi connectivity index (χ0n) is 20.6. The molecule has 4 aromatic carbocycles. The number of hydrogen-bond acceptors (Lipinski definition) is 5. The van der Waals surface area contributed by atoms with Crippen LogP contribution in [-0.2, 0) is 11.2 Å². The summed E-state index contributed by atoms with van der Waals surface area (Å²) in [5.74, 6) is 0.816. The third-order valence-corrected chi connectivity index (χ3v) is 5.50. The van der Waals surface area contributed by atoms with Crippen molar-refractivity contribution in [3.8, 4) is 11.5 Å². The minimum absolute atomic E-state index is 0.127. The number of para-hydroxylation sites is 1. The van der Waals surface area contributed by atoms with Gasteiger partial charge < -0.3 is 20.1 Å². The monoisotopic (exact) mass is 525 g/mol. The van der Waals surface area contributed by atoms with Crippen molar-refractivity contribution in [3.63, 3.8) is 0 Å². The topological polar surface area (TPSA) is 88.7 Å². The van der Waals surface area contributed by atoms with Crippen LogP contribution >= 0.6 is 12.2 Å². The van der Waals surface area contributed by atoms with Crippen molar-refractivity contribution in [2.75, 3.05) is 23.8 Å². The van der Waals surface area contributed by atoms with E-state index in [1.165, 1.54) is 0 Å². The molecule has 7 nitrogen and oxygen atoms in total. The molecule has 4 aromatic rings. The Hall–Kier alpha value is -4.69. The number of hydrogen-bond donors (Lipinski definition) is 3. The Bertz CT molecular complexity index is 1380. The molecule has 0 aliphatic carbocycles. The number of carbonyl (C=O) groups is 2. The van der Waals surface area contributed by atoms with E-state index in [9.17, 15) is 9.59 Å². The van der Waals surface area contributed by atoms with Crippen LogP contribution in [0.3, 0.4) is 0 Å². The molecule has 0 fully saturated rings. The second-order valence-electron chi connectivity index (χ2n) is 8.24. The maximum Gasteiger partial charge on any atom is 0.257 e. The van der Waals surface area contributed by atoms with Crippen LogP contribution in [0.5, 0.6) is 11.5 Å². The second kappa shape index (κ2) is 13.6. The van der Waals surface area contributed by atoms with E-state index >= 15 is 0 Å². The summed E-state index contributed by atoms with van der Waals surface area (Å²) in [6.07, 6.45) is 0.274. The maximum atomic E-state index is 12.7. The number of benzene rings is 4. The van der Waals surface area contributed by atoms with Crippen molar-refractivity contribution in [1.29, 1.82) is 0 Å². The van der Waals surface area contributed by atoms with Gasteiger partial charge in [-0.3, -0.25) is 14.9 Å². The van der Waals surface area contributed by atoms with Crippen LogP contribution in [0.4, 0.5) is 11.4 Å². The third kappa shape index (κ3) is 8.46. The highest BCUT2D eigenvalue weighted by Gasteiger charge is 2.10. The average Bonchev–Trinajstić information content (AvgIpc) is 2.92. The van der Waals surface area contributed by atoms with Crippen molar-refractivity contribution >= 4 is 40.5 Å². The molecule has 0 aliphatic heterocycles. The molecule has 3 N–H and O–H groups in total. The van der Waals surface area contributed by atoms with Crippen molar-refractivity contribution < 1.29 is 19.1 Å². The summed E-state index contributed by atoms with van der Waals surface area (Å²) in [5, 5.41) is 8.65. The van der Waals surface area contributed by atoms with Gasteiger partial charge in [-0.25, -0.2) is 0 Å². The van der Waals surface area contributed by atoms with Crippen molar-refractivity contribution in [2.45, 2.75) is 6.42 Å². The van der Waals surface area contributed by atoms with Crippen LogP contribution in [0.1, 0.15) is 15.9 Å². The van der Waals surface area contributed by atoms with Gasteiger partial charge in [0, 0.05) is 16.9 Å². The summed E-state index contributed by atoms with van der Waals surface area (Å²) in [4.78, 5) is 25.1. The molecule has 0 radical (unpaired) electrons. The molecule has 0 saturated heterocycles. The van der Waals surface area contributed by atoms with Gasteiger partial charge in [-0.05, 0) is 66.3 Å². The molecule has 8 heteroatoms. The van der Waals surface area contributed by atoms with Gasteiger partial charge in [0.15, 0.2) is 5.11 Å². The van der Waals surface area contributed by atoms with Gasteiger partial charge in [0.05, 0.1) is 6.42 Å². The molecule has 0 aliphatic rings. The molecule has 2 amide bonds. The fourth-order valence-corrected chi connectivity index (χ4v) is 3.77. The quantitative estimate of drug-likeness (QED) is 0.188. The molecule has 0 aromatic heterocycles. The Balaban J connectivity index is 1.25. The smallest absolute Gasteiger partial charge is 0.257 e. The predicted octanol–water partition coefficient (Wildman–Crippen LogP) is 5.45. The molecular weight excluding hydrogens is 498 g/mol. The number of anilines is 2. The van der Waals surface area contributed by atoms with Gasteiger partial charge in [0.25, 0.3) is 5.91 Å². The molecule has 0 saturated carbocycles. The number of carbonyl (C=O) groups excluding carboxylic acids is 2. The van der Waals surface area contributed by atoms with Crippen LogP contribution in [0.25, 0.3) is 0 Å². The second-order valence-corrected chi connectivity index (χ2v) is 8.65. The van der Waals surface area contributed by atoms with Gasteiger partial charge in [-0.15, -0.1) is 0 Å². The fourth-order valence-electron chi connectivity index (χ4n) is 3.56. The normalized spacial score (nSPS) is 10.2. The van der Waals surface area contributed by atoms with E-state index in [0.29, 0.717) is 35.9 Å². The number of nitrogens with one attached hydrogen (secondary N) is 3. The molecule has 4 rings (SSSR count). The highest BCUT2D eigenvalue weighted by molar-refractivity contribution is 7.80. The predicted molar refractivity (Wildman–Crippen MR) is 153 cm³/mol. The Labute approximate surface area is 226 Å². The van der Waals surface area contributed by atoms with Gasteiger partial charge in [0.1, 0.15) is 24.7 Å². The highest BCUT2D eigenvalue weighted by Crippen LogP contribution is 2.17. The number of rotatable bonds is 10. The van der Waals surface area contributed by atoms with Gasteiger partial charge >= 0.3 is 0 Å². The Morgan fingerprint density at radius 3 is 2.00 bits per heavy atom. The molecule has 38 heavy (non-hydrogen) atoms. The summed E-state index contributed by atoms with van der Waals surface area (Å²) >= 11 is 5.32. The zero-order valence-corrected chi connectivity index (χ0v) is 21.4. The largest absolute Gasteiger partial charge is 0.490 e. The lowest BCUT2D eigenvalue weighted by Crippen LogP contribution is -2.34. The van der Waals surface area contributed by atoms with Crippen LogP contribution < -0.4 is 25.4 Å². The number of amides is 2. The summed E-state index contributed by atoms with van der Waals surface area (Å²) in [5.41, 5.74) is 2.57. The van der Waals surface area contributed by atoms with Gasteiger partial charge in [-0.2, -0.15) is 0 Å². The van der Waals surface area contributed by atoms with Gasteiger partial charge in [-0.1, -0.05) is 60.7 Å². The SMILES string of the molecule is O=C(Cc1ccccc1)Nc1cccc(NC(=S)NC(=O)c2cccc(OCCOc3ccccc3)c2)c1. The zero-order chi connectivity index (χ0) is 26.6. The van der Waals surface area contributed by atoms with E-state index in [4.69, 9.17) is 21.7 Å². The first-order chi connectivity index (χ1) is 18.5. The standard InChI is InChI=1S/C30H27N3O4S/c34-28(19-22-9-3-1-4-10-22)31-24-12-8-13-25(21-24)32-30(38)33-29(35)23-11-7-16-27(20-23)37-18-17-36-26-14-5-2-6-15-26/h1-16,20-21H,17-19H2,(H,31,34)(H2,32,33,35,38). The molecule has 0 spiro atoms. The first-order valence-electron chi connectivity index (χ1n) is 12.0. The summed E-state index contributed by atoms with van der Waals surface area (Å²) in [7, 11) is 0. The molecule has 192 valence electrons. The maximum absolute atomic E-state index is 12.7. The third-order valence-electron chi connectivity index (χ3n) is 5.30.